The van der Waals surface area contributed by atoms with Crippen molar-refractivity contribution in [3.63, 3.8) is 0 Å². The molecule has 0 aliphatic carbocycles. The molecule has 5 nitrogen and oxygen atoms in total. The summed E-state index contributed by atoms with van der Waals surface area (Å²) in [5, 5.41) is 9.70. The molecule has 1 aromatic carbocycles. The van der Waals surface area contributed by atoms with Crippen molar-refractivity contribution in [2.45, 2.75) is 38.2 Å². The Hall–Kier alpha value is -1.11. The van der Waals surface area contributed by atoms with Gasteiger partial charge in [-0.3, -0.25) is 0 Å². The number of rotatable bonds is 6. The van der Waals surface area contributed by atoms with Crippen LogP contribution in [-0.2, 0) is 10.0 Å². The molecule has 1 unspecified atom stereocenters. The molecule has 0 heterocycles. The highest BCUT2D eigenvalue weighted by atomic mass is 32.2. The van der Waals surface area contributed by atoms with Gasteiger partial charge in [0.15, 0.2) is 0 Å². The summed E-state index contributed by atoms with van der Waals surface area (Å²) >= 11 is 0. The van der Waals surface area contributed by atoms with Crippen molar-refractivity contribution in [2.75, 3.05) is 12.3 Å². The Kier molecular flexibility index (Phi) is 5.34. The molecule has 0 radical (unpaired) electrons. The van der Waals surface area contributed by atoms with Crippen LogP contribution in [0, 0.1) is 12.8 Å². The number of nitrogens with two attached hydrogens (primary N) is 1. The molecule has 0 bridgehead atoms. The normalized spacial score (nSPS) is 13.7. The van der Waals surface area contributed by atoms with Gasteiger partial charge in [0.2, 0.25) is 10.0 Å². The minimum absolute atomic E-state index is 0.00868. The molecule has 1 rings (SSSR count). The number of aliphatic hydroxyl groups is 1. The first-order valence-electron chi connectivity index (χ1n) is 6.26. The molecule has 19 heavy (non-hydrogen) atoms. The van der Waals surface area contributed by atoms with E-state index in [4.69, 9.17) is 5.73 Å². The second kappa shape index (κ2) is 6.36. The number of hydrogen-bond acceptors (Lipinski definition) is 4. The Morgan fingerprint density at radius 1 is 1.37 bits per heavy atom. The van der Waals surface area contributed by atoms with Crippen molar-refractivity contribution in [1.29, 1.82) is 0 Å². The SMILES string of the molecule is Cc1ccc(N)cc1S(=O)(=O)NCC(O)CC(C)C. The molecular formula is C13H22N2O3S. The zero-order valence-corrected chi connectivity index (χ0v) is 12.4. The van der Waals surface area contributed by atoms with E-state index in [2.05, 4.69) is 4.72 Å². The van der Waals surface area contributed by atoms with Gasteiger partial charge in [0.25, 0.3) is 0 Å². The first-order chi connectivity index (χ1) is 8.72. The average Bonchev–Trinajstić information content (AvgIpc) is 2.29. The van der Waals surface area contributed by atoms with Crippen LogP contribution in [0.2, 0.25) is 0 Å². The van der Waals surface area contributed by atoms with Crippen LogP contribution in [0.1, 0.15) is 25.8 Å². The molecular weight excluding hydrogens is 264 g/mol. The maximum atomic E-state index is 12.1. The topological polar surface area (TPSA) is 92.4 Å². The average molecular weight is 286 g/mol. The molecule has 0 saturated heterocycles. The Morgan fingerprint density at radius 2 is 2.00 bits per heavy atom. The van der Waals surface area contributed by atoms with Gasteiger partial charge in [-0.2, -0.15) is 0 Å². The molecule has 108 valence electrons. The summed E-state index contributed by atoms with van der Waals surface area (Å²) in [5.41, 5.74) is 6.63. The number of sulfonamides is 1. The molecule has 0 fully saturated rings. The molecule has 4 N–H and O–H groups in total. The third kappa shape index (κ3) is 4.81. The molecule has 0 spiro atoms. The van der Waals surface area contributed by atoms with Gasteiger partial charge in [-0.05, 0) is 37.0 Å². The van der Waals surface area contributed by atoms with E-state index >= 15 is 0 Å². The number of nitrogen functional groups attached to an aromatic ring is 1. The fourth-order valence-corrected chi connectivity index (χ4v) is 3.17. The van der Waals surface area contributed by atoms with Crippen molar-refractivity contribution < 1.29 is 13.5 Å². The molecule has 0 aliphatic rings. The van der Waals surface area contributed by atoms with Crippen molar-refractivity contribution >= 4 is 15.7 Å². The predicted octanol–water partition coefficient (Wildman–Crippen LogP) is 1.26. The maximum absolute atomic E-state index is 12.1. The van der Waals surface area contributed by atoms with Gasteiger partial charge in [0, 0.05) is 12.2 Å². The molecule has 0 saturated carbocycles. The van der Waals surface area contributed by atoms with Crippen LogP contribution in [0.25, 0.3) is 0 Å². The summed E-state index contributed by atoms with van der Waals surface area (Å²) in [4.78, 5) is 0.157. The largest absolute Gasteiger partial charge is 0.399 e. The van der Waals surface area contributed by atoms with E-state index in [0.29, 0.717) is 23.6 Å². The lowest BCUT2D eigenvalue weighted by Gasteiger charge is -2.15. The van der Waals surface area contributed by atoms with Gasteiger partial charge in [0.05, 0.1) is 11.0 Å². The lowest BCUT2D eigenvalue weighted by Crippen LogP contribution is -2.33. The van der Waals surface area contributed by atoms with E-state index in [1.54, 1.807) is 19.1 Å². The first-order valence-corrected chi connectivity index (χ1v) is 7.74. The number of benzene rings is 1. The van der Waals surface area contributed by atoms with Gasteiger partial charge >= 0.3 is 0 Å². The summed E-state index contributed by atoms with van der Waals surface area (Å²) in [7, 11) is -3.63. The van der Waals surface area contributed by atoms with E-state index in [-0.39, 0.29) is 11.4 Å². The zero-order chi connectivity index (χ0) is 14.6. The highest BCUT2D eigenvalue weighted by Crippen LogP contribution is 2.18. The smallest absolute Gasteiger partial charge is 0.240 e. The Labute approximate surface area is 114 Å². The quantitative estimate of drug-likeness (QED) is 0.686. The van der Waals surface area contributed by atoms with Crippen LogP contribution in [0.4, 0.5) is 5.69 Å². The van der Waals surface area contributed by atoms with Crippen molar-refractivity contribution in [3.8, 4) is 0 Å². The third-order valence-corrected chi connectivity index (χ3v) is 4.32. The molecule has 1 aromatic rings. The summed E-state index contributed by atoms with van der Waals surface area (Å²) in [6.07, 6.45) is -0.130. The molecule has 0 aromatic heterocycles. The Morgan fingerprint density at radius 3 is 2.58 bits per heavy atom. The lowest BCUT2D eigenvalue weighted by atomic mass is 10.1. The molecule has 1 atom stereocenters. The molecule has 0 amide bonds. The van der Waals surface area contributed by atoms with E-state index in [0.717, 1.165) is 0 Å². The maximum Gasteiger partial charge on any atom is 0.240 e. The standard InChI is InChI=1S/C13H22N2O3S/c1-9(2)6-12(16)8-15-19(17,18)13-7-11(14)5-4-10(13)3/h4-5,7,9,12,15-16H,6,8,14H2,1-3H3. The van der Waals surface area contributed by atoms with Gasteiger partial charge < -0.3 is 10.8 Å². The summed E-state index contributed by atoms with van der Waals surface area (Å²) in [6, 6.07) is 4.74. The van der Waals surface area contributed by atoms with E-state index < -0.39 is 16.1 Å². The Balaban J connectivity index is 2.79. The number of aliphatic hydroxyl groups excluding tert-OH is 1. The van der Waals surface area contributed by atoms with E-state index in [9.17, 15) is 13.5 Å². The van der Waals surface area contributed by atoms with Crippen molar-refractivity contribution in [3.05, 3.63) is 23.8 Å². The van der Waals surface area contributed by atoms with Crippen LogP contribution in [0.15, 0.2) is 23.1 Å². The number of hydrogen-bond donors (Lipinski definition) is 3. The summed E-state index contributed by atoms with van der Waals surface area (Å²) < 4.78 is 26.7. The highest BCUT2D eigenvalue weighted by Gasteiger charge is 2.18. The number of aryl methyl sites for hydroxylation is 1. The van der Waals surface area contributed by atoms with Gasteiger partial charge in [-0.25, -0.2) is 13.1 Å². The third-order valence-electron chi connectivity index (χ3n) is 2.75. The van der Waals surface area contributed by atoms with Crippen molar-refractivity contribution in [2.24, 2.45) is 5.92 Å². The highest BCUT2D eigenvalue weighted by molar-refractivity contribution is 7.89. The van der Waals surface area contributed by atoms with Crippen LogP contribution < -0.4 is 10.5 Å². The van der Waals surface area contributed by atoms with Crippen LogP contribution in [0.5, 0.6) is 0 Å². The van der Waals surface area contributed by atoms with Crippen LogP contribution >= 0.6 is 0 Å². The number of nitrogens with one attached hydrogen (secondary N) is 1. The zero-order valence-electron chi connectivity index (χ0n) is 11.6. The van der Waals surface area contributed by atoms with Crippen LogP contribution in [-0.4, -0.2) is 26.2 Å². The monoisotopic (exact) mass is 286 g/mol. The second-order valence-corrected chi connectivity index (χ2v) is 6.90. The number of anilines is 1. The lowest BCUT2D eigenvalue weighted by molar-refractivity contribution is 0.152. The van der Waals surface area contributed by atoms with Gasteiger partial charge in [0.1, 0.15) is 0 Å². The summed E-state index contributed by atoms with van der Waals surface area (Å²) in [5.74, 6) is 0.314. The molecule has 6 heteroatoms. The van der Waals surface area contributed by atoms with E-state index in [1.165, 1.54) is 6.07 Å². The summed E-state index contributed by atoms with van der Waals surface area (Å²) in [6.45, 7) is 5.66. The fourth-order valence-electron chi connectivity index (χ4n) is 1.82. The second-order valence-electron chi connectivity index (χ2n) is 5.16. The van der Waals surface area contributed by atoms with E-state index in [1.807, 2.05) is 13.8 Å². The predicted molar refractivity (Wildman–Crippen MR) is 76.2 cm³/mol. The Bertz CT molecular complexity index is 527. The minimum atomic E-state index is -3.63. The van der Waals surface area contributed by atoms with Crippen LogP contribution in [0.3, 0.4) is 0 Å². The van der Waals surface area contributed by atoms with Crippen molar-refractivity contribution in [1.82, 2.24) is 4.72 Å². The van der Waals surface area contributed by atoms with Gasteiger partial charge in [-0.1, -0.05) is 19.9 Å². The molecule has 0 aliphatic heterocycles. The minimum Gasteiger partial charge on any atom is -0.399 e. The first kappa shape index (κ1) is 15.9. The fraction of sp³-hybridized carbons (Fsp3) is 0.538. The van der Waals surface area contributed by atoms with Gasteiger partial charge in [-0.15, -0.1) is 0 Å².